The van der Waals surface area contributed by atoms with Crippen molar-refractivity contribution < 1.29 is 9.84 Å². The van der Waals surface area contributed by atoms with Crippen molar-refractivity contribution in [1.82, 2.24) is 0 Å². The van der Waals surface area contributed by atoms with E-state index in [1.165, 1.54) is 5.57 Å². The Morgan fingerprint density at radius 3 is 2.57 bits per heavy atom. The molecule has 0 radical (unpaired) electrons. The van der Waals surface area contributed by atoms with Crippen molar-refractivity contribution in [3.05, 3.63) is 36.0 Å². The summed E-state index contributed by atoms with van der Waals surface area (Å²) in [5.74, 6) is 1.11. The fourth-order valence-corrected chi connectivity index (χ4v) is 2.95. The van der Waals surface area contributed by atoms with Gasteiger partial charge in [-0.2, -0.15) is 0 Å². The Morgan fingerprint density at radius 1 is 1.26 bits per heavy atom. The Bertz CT molecular complexity index is 443. The van der Waals surface area contributed by atoms with Crippen molar-refractivity contribution in [2.24, 2.45) is 11.8 Å². The second-order valence-corrected chi connectivity index (χ2v) is 7.88. The quantitative estimate of drug-likeness (QED) is 0.687. The minimum atomic E-state index is -0.798. The van der Waals surface area contributed by atoms with Crippen LogP contribution in [0.25, 0.3) is 0 Å². The van der Waals surface area contributed by atoms with Gasteiger partial charge in [0.1, 0.15) is 0 Å². The molecule has 2 nitrogen and oxygen atoms in total. The molecule has 0 aromatic rings. The first-order valence-corrected chi connectivity index (χ1v) is 8.98. The second-order valence-electron chi connectivity index (χ2n) is 7.88. The van der Waals surface area contributed by atoms with E-state index in [1.807, 2.05) is 13.0 Å². The molecule has 0 saturated carbocycles. The van der Waals surface area contributed by atoms with Crippen LogP contribution in [0.2, 0.25) is 0 Å². The molecule has 0 bridgehead atoms. The Balaban J connectivity index is 3.00. The molecule has 1 rings (SSSR count). The highest BCUT2D eigenvalue weighted by molar-refractivity contribution is 5.10. The summed E-state index contributed by atoms with van der Waals surface area (Å²) in [6.07, 6.45) is 15.6. The van der Waals surface area contributed by atoms with Crippen LogP contribution < -0.4 is 0 Å². The lowest BCUT2D eigenvalue weighted by Gasteiger charge is -2.26. The van der Waals surface area contributed by atoms with Crippen LogP contribution in [-0.2, 0) is 4.74 Å². The normalized spacial score (nSPS) is 34.3. The summed E-state index contributed by atoms with van der Waals surface area (Å²) in [6.45, 7) is 10.7. The fourth-order valence-electron chi connectivity index (χ4n) is 2.95. The van der Waals surface area contributed by atoms with Crippen LogP contribution in [-0.4, -0.2) is 23.4 Å². The van der Waals surface area contributed by atoms with Gasteiger partial charge in [-0.05, 0) is 64.7 Å². The van der Waals surface area contributed by atoms with Gasteiger partial charge < -0.3 is 9.84 Å². The molecule has 132 valence electrons. The molecule has 3 atom stereocenters. The Kier molecular flexibility index (Phi) is 7.76. The first kappa shape index (κ1) is 20.2. The maximum atomic E-state index is 10.6. The van der Waals surface area contributed by atoms with E-state index < -0.39 is 5.60 Å². The summed E-state index contributed by atoms with van der Waals surface area (Å²) in [7, 11) is 1.76. The highest BCUT2D eigenvalue weighted by atomic mass is 16.5. The molecule has 0 amide bonds. The molecule has 0 fully saturated rings. The first-order chi connectivity index (χ1) is 10.7. The molecule has 1 N–H and O–H groups in total. The minimum Gasteiger partial charge on any atom is -0.386 e. The van der Waals surface area contributed by atoms with Gasteiger partial charge in [-0.15, -0.1) is 0 Å². The average Bonchev–Trinajstić information content (AvgIpc) is 2.45. The molecule has 0 saturated heterocycles. The largest absolute Gasteiger partial charge is 0.386 e. The summed E-state index contributed by atoms with van der Waals surface area (Å²) in [4.78, 5) is 0. The zero-order valence-electron chi connectivity index (χ0n) is 15.9. The van der Waals surface area contributed by atoms with E-state index in [-0.39, 0.29) is 5.60 Å². The summed E-state index contributed by atoms with van der Waals surface area (Å²) >= 11 is 0. The molecule has 1 aliphatic carbocycles. The van der Waals surface area contributed by atoms with Crippen molar-refractivity contribution >= 4 is 0 Å². The van der Waals surface area contributed by atoms with Crippen LogP contribution in [0.1, 0.15) is 66.7 Å². The number of aliphatic hydroxyl groups is 1. The van der Waals surface area contributed by atoms with Crippen LogP contribution in [0.5, 0.6) is 0 Å². The van der Waals surface area contributed by atoms with Crippen LogP contribution in [0, 0.1) is 11.8 Å². The Hall–Kier alpha value is -0.860. The van der Waals surface area contributed by atoms with Crippen molar-refractivity contribution in [3.8, 4) is 0 Å². The van der Waals surface area contributed by atoms with Gasteiger partial charge in [0.05, 0.1) is 11.2 Å². The van der Waals surface area contributed by atoms with E-state index in [4.69, 9.17) is 4.74 Å². The first-order valence-electron chi connectivity index (χ1n) is 8.98. The van der Waals surface area contributed by atoms with Gasteiger partial charge in [-0.3, -0.25) is 0 Å². The average molecular weight is 321 g/mol. The number of hydrogen-bond donors (Lipinski definition) is 1. The molecule has 2 heteroatoms. The van der Waals surface area contributed by atoms with Crippen LogP contribution in [0.4, 0.5) is 0 Å². The van der Waals surface area contributed by atoms with E-state index in [1.54, 1.807) is 7.11 Å². The monoisotopic (exact) mass is 320 g/mol. The zero-order chi connectivity index (χ0) is 17.5. The predicted molar refractivity (Wildman–Crippen MR) is 99.5 cm³/mol. The van der Waals surface area contributed by atoms with E-state index >= 15 is 0 Å². The summed E-state index contributed by atoms with van der Waals surface area (Å²) in [5, 5.41) is 10.6. The van der Waals surface area contributed by atoms with Gasteiger partial charge in [0.25, 0.3) is 0 Å². The minimum absolute atomic E-state index is 0.263. The molecular formula is C21H36O2. The third-order valence-corrected chi connectivity index (χ3v) is 5.03. The SMILES string of the molecule is COC1(C)C=CCC(C)(O)C=CC(C(C)C)CCC(C)=CCC1. The van der Waals surface area contributed by atoms with E-state index in [9.17, 15) is 5.11 Å². The molecule has 23 heavy (non-hydrogen) atoms. The standard InChI is InChI=1S/C21H36O2/c1-17(2)19-11-10-18(3)9-7-14-21(5,23-6)15-8-13-20(4,22)16-12-19/h8-9,12,15-17,19,22H,7,10-11,13-14H2,1-6H3. The van der Waals surface area contributed by atoms with Gasteiger partial charge >= 0.3 is 0 Å². The maximum Gasteiger partial charge on any atom is 0.0834 e. The van der Waals surface area contributed by atoms with E-state index in [0.29, 0.717) is 18.3 Å². The number of rotatable bonds is 2. The number of allylic oxidation sites excluding steroid dienone is 3. The number of ether oxygens (including phenoxy) is 1. The predicted octanol–water partition coefficient (Wildman–Crippen LogP) is 5.44. The van der Waals surface area contributed by atoms with Crippen LogP contribution >= 0.6 is 0 Å². The number of hydrogen-bond acceptors (Lipinski definition) is 2. The van der Waals surface area contributed by atoms with Crippen LogP contribution in [0.15, 0.2) is 36.0 Å². The van der Waals surface area contributed by atoms with Crippen molar-refractivity contribution in [3.63, 3.8) is 0 Å². The summed E-state index contributed by atoms with van der Waals surface area (Å²) < 4.78 is 5.67. The van der Waals surface area contributed by atoms with Gasteiger partial charge in [0, 0.05) is 7.11 Å². The van der Waals surface area contributed by atoms with Gasteiger partial charge in [0.2, 0.25) is 0 Å². The molecule has 1 aliphatic rings. The summed E-state index contributed by atoms with van der Waals surface area (Å²) in [5.41, 5.74) is 0.393. The zero-order valence-corrected chi connectivity index (χ0v) is 15.9. The maximum absolute atomic E-state index is 10.6. The third kappa shape index (κ3) is 7.50. The molecule has 0 heterocycles. The highest BCUT2D eigenvalue weighted by Crippen LogP contribution is 2.26. The molecule has 0 aliphatic heterocycles. The van der Waals surface area contributed by atoms with Gasteiger partial charge in [0.15, 0.2) is 0 Å². The lowest BCUT2D eigenvalue weighted by atomic mass is 9.86. The highest BCUT2D eigenvalue weighted by Gasteiger charge is 2.21. The van der Waals surface area contributed by atoms with Crippen LogP contribution in [0.3, 0.4) is 0 Å². The van der Waals surface area contributed by atoms with Crippen molar-refractivity contribution in [2.45, 2.75) is 77.9 Å². The van der Waals surface area contributed by atoms with Crippen molar-refractivity contribution in [2.75, 3.05) is 7.11 Å². The lowest BCUT2D eigenvalue weighted by Crippen LogP contribution is -2.25. The Morgan fingerprint density at radius 2 is 1.96 bits per heavy atom. The topological polar surface area (TPSA) is 29.5 Å². The molecule has 0 spiro atoms. The molecule has 3 unspecified atom stereocenters. The van der Waals surface area contributed by atoms with E-state index in [2.05, 4.69) is 52.0 Å². The third-order valence-electron chi connectivity index (χ3n) is 5.03. The molecule has 0 aromatic heterocycles. The van der Waals surface area contributed by atoms with E-state index in [0.717, 1.165) is 25.7 Å². The smallest absolute Gasteiger partial charge is 0.0834 e. The van der Waals surface area contributed by atoms with Crippen molar-refractivity contribution in [1.29, 1.82) is 0 Å². The summed E-state index contributed by atoms with van der Waals surface area (Å²) in [6, 6.07) is 0. The van der Waals surface area contributed by atoms with Gasteiger partial charge in [-0.25, -0.2) is 0 Å². The molecular weight excluding hydrogens is 284 g/mol. The fraction of sp³-hybridized carbons (Fsp3) is 0.714. The van der Waals surface area contributed by atoms with Gasteiger partial charge in [-0.1, -0.05) is 49.8 Å². The second kappa shape index (κ2) is 8.84. The number of methoxy groups -OCH3 is 1. The Labute approximate surface area is 143 Å². The molecule has 0 aromatic carbocycles. The lowest BCUT2D eigenvalue weighted by molar-refractivity contribution is 0.0413.